The van der Waals surface area contributed by atoms with Crippen LogP contribution in [0.4, 0.5) is 0 Å². The molecule has 1 heterocycles. The molecule has 3 nitrogen and oxygen atoms in total. The van der Waals surface area contributed by atoms with E-state index in [4.69, 9.17) is 16.6 Å². The van der Waals surface area contributed by atoms with Crippen molar-refractivity contribution in [1.29, 1.82) is 0 Å². The summed E-state index contributed by atoms with van der Waals surface area (Å²) < 4.78 is 5.19. The van der Waals surface area contributed by atoms with Gasteiger partial charge >= 0.3 is 0 Å². The molecule has 4 heteroatoms. The molecule has 0 spiro atoms. The first-order chi connectivity index (χ1) is 5.27. The number of aromatic nitrogens is 2. The van der Waals surface area contributed by atoms with Gasteiger partial charge in [0.15, 0.2) is 0 Å². The molecule has 1 unspecified atom stereocenters. The number of H-pyrrole nitrogens is 1. The van der Waals surface area contributed by atoms with Crippen molar-refractivity contribution >= 4 is 12.2 Å². The van der Waals surface area contributed by atoms with Gasteiger partial charge in [0.2, 0.25) is 5.89 Å². The summed E-state index contributed by atoms with van der Waals surface area (Å²) in [4.78, 5) is 0.382. The molecule has 2 rings (SSSR count). The Morgan fingerprint density at radius 2 is 2.45 bits per heavy atom. The summed E-state index contributed by atoms with van der Waals surface area (Å²) in [6, 6.07) is 0. The minimum absolute atomic E-state index is 0.382. The van der Waals surface area contributed by atoms with Crippen molar-refractivity contribution in [2.45, 2.75) is 25.7 Å². The van der Waals surface area contributed by atoms with Crippen molar-refractivity contribution in [2.24, 2.45) is 5.92 Å². The normalized spacial score (nSPS) is 20.1. The largest absolute Gasteiger partial charge is 0.414 e. The molecule has 11 heavy (non-hydrogen) atoms. The SMILES string of the molecule is CC(c1n[nH]c(=S)o1)C1CC1. The maximum absolute atomic E-state index is 5.19. The highest BCUT2D eigenvalue weighted by Gasteiger charge is 2.31. The quantitative estimate of drug-likeness (QED) is 0.692. The topological polar surface area (TPSA) is 41.8 Å². The molecule has 0 aromatic carbocycles. The van der Waals surface area contributed by atoms with Crippen LogP contribution in [0.5, 0.6) is 0 Å². The van der Waals surface area contributed by atoms with Gasteiger partial charge in [-0.05, 0) is 31.0 Å². The Bertz CT molecular complexity index is 299. The van der Waals surface area contributed by atoms with Crippen LogP contribution in [0, 0.1) is 10.8 Å². The predicted octanol–water partition coefficient (Wildman–Crippen LogP) is 2.25. The molecule has 0 radical (unpaired) electrons. The van der Waals surface area contributed by atoms with Crippen molar-refractivity contribution in [3.8, 4) is 0 Å². The molecule has 1 aromatic heterocycles. The van der Waals surface area contributed by atoms with Crippen molar-refractivity contribution in [2.75, 3.05) is 0 Å². The average molecular weight is 170 g/mol. The van der Waals surface area contributed by atoms with E-state index >= 15 is 0 Å². The monoisotopic (exact) mass is 170 g/mol. The van der Waals surface area contributed by atoms with Crippen LogP contribution in [0.25, 0.3) is 0 Å². The molecule has 1 aromatic rings. The molecule has 0 saturated heterocycles. The summed E-state index contributed by atoms with van der Waals surface area (Å²) in [5.41, 5.74) is 0. The molecule has 1 N–H and O–H groups in total. The van der Waals surface area contributed by atoms with Crippen molar-refractivity contribution in [3.05, 3.63) is 10.7 Å². The molecule has 0 aliphatic heterocycles. The number of nitrogens with zero attached hydrogens (tertiary/aromatic N) is 1. The standard InChI is InChI=1S/C7H10N2OS/c1-4(5-2-3-5)6-8-9-7(11)10-6/h4-5H,2-3H2,1H3,(H,9,11). The van der Waals surface area contributed by atoms with Gasteiger partial charge in [-0.1, -0.05) is 6.92 Å². The predicted molar refractivity (Wildman–Crippen MR) is 42.8 cm³/mol. The van der Waals surface area contributed by atoms with Gasteiger partial charge in [-0.15, -0.1) is 5.10 Å². The number of hydrogen-bond acceptors (Lipinski definition) is 3. The van der Waals surface area contributed by atoms with Crippen LogP contribution < -0.4 is 0 Å². The molecule has 1 saturated carbocycles. The van der Waals surface area contributed by atoms with Crippen molar-refractivity contribution < 1.29 is 4.42 Å². The Kier molecular flexibility index (Phi) is 1.56. The van der Waals surface area contributed by atoms with Gasteiger partial charge in [0, 0.05) is 5.92 Å². The van der Waals surface area contributed by atoms with Crippen LogP contribution >= 0.6 is 12.2 Å². The molecule has 0 amide bonds. The Morgan fingerprint density at radius 3 is 2.91 bits per heavy atom. The van der Waals surface area contributed by atoms with Gasteiger partial charge in [0.1, 0.15) is 0 Å². The Labute approximate surface area is 69.8 Å². The molecule has 1 aliphatic carbocycles. The zero-order chi connectivity index (χ0) is 7.84. The lowest BCUT2D eigenvalue weighted by molar-refractivity contribution is 0.428. The first-order valence-electron chi connectivity index (χ1n) is 3.83. The van der Waals surface area contributed by atoms with E-state index in [1.165, 1.54) is 12.8 Å². The minimum atomic E-state index is 0.382. The summed E-state index contributed by atoms with van der Waals surface area (Å²) in [7, 11) is 0. The van der Waals surface area contributed by atoms with Gasteiger partial charge < -0.3 is 4.42 Å². The Hall–Kier alpha value is -0.640. The lowest BCUT2D eigenvalue weighted by Gasteiger charge is -2.00. The fourth-order valence-corrected chi connectivity index (χ4v) is 1.37. The van der Waals surface area contributed by atoms with E-state index in [0.717, 1.165) is 11.8 Å². The first kappa shape index (κ1) is 7.03. The number of aromatic amines is 1. The molecule has 0 bridgehead atoms. The zero-order valence-electron chi connectivity index (χ0n) is 6.33. The van der Waals surface area contributed by atoms with Crippen molar-refractivity contribution in [1.82, 2.24) is 10.2 Å². The van der Waals surface area contributed by atoms with Crippen LogP contribution in [0.2, 0.25) is 0 Å². The van der Waals surface area contributed by atoms with Gasteiger partial charge in [-0.25, -0.2) is 5.10 Å². The number of hydrogen-bond donors (Lipinski definition) is 1. The lowest BCUT2D eigenvalue weighted by Crippen LogP contribution is -1.95. The van der Waals surface area contributed by atoms with Crippen LogP contribution in [0.1, 0.15) is 31.6 Å². The fourth-order valence-electron chi connectivity index (χ4n) is 1.23. The number of rotatable bonds is 2. The van der Waals surface area contributed by atoms with E-state index in [-0.39, 0.29) is 0 Å². The summed E-state index contributed by atoms with van der Waals surface area (Å²) in [5, 5.41) is 6.61. The van der Waals surface area contributed by atoms with Crippen molar-refractivity contribution in [3.63, 3.8) is 0 Å². The summed E-state index contributed by atoms with van der Waals surface area (Å²) in [6.45, 7) is 2.13. The molecule has 60 valence electrons. The highest BCUT2D eigenvalue weighted by Crippen LogP contribution is 2.41. The first-order valence-corrected chi connectivity index (χ1v) is 4.23. The minimum Gasteiger partial charge on any atom is -0.414 e. The third-order valence-corrected chi connectivity index (χ3v) is 2.35. The van der Waals surface area contributed by atoms with E-state index in [2.05, 4.69) is 17.1 Å². The van der Waals surface area contributed by atoms with Crippen LogP contribution in [-0.4, -0.2) is 10.2 Å². The van der Waals surface area contributed by atoms with Crippen LogP contribution in [0.15, 0.2) is 4.42 Å². The molecular weight excluding hydrogens is 160 g/mol. The smallest absolute Gasteiger partial charge is 0.284 e. The van der Waals surface area contributed by atoms with Gasteiger partial charge in [0.25, 0.3) is 4.84 Å². The molecule has 1 fully saturated rings. The summed E-state index contributed by atoms with van der Waals surface area (Å²) >= 11 is 4.77. The third-order valence-electron chi connectivity index (χ3n) is 2.17. The lowest BCUT2D eigenvalue weighted by atomic mass is 10.1. The second-order valence-electron chi connectivity index (χ2n) is 3.08. The Balaban J connectivity index is 2.20. The summed E-state index contributed by atoms with van der Waals surface area (Å²) in [6.07, 6.45) is 2.60. The second kappa shape index (κ2) is 2.44. The molecule has 1 aliphatic rings. The van der Waals surface area contributed by atoms with E-state index in [1.807, 2.05) is 0 Å². The van der Waals surface area contributed by atoms with Crippen LogP contribution in [0.3, 0.4) is 0 Å². The van der Waals surface area contributed by atoms with Gasteiger partial charge in [0.05, 0.1) is 0 Å². The maximum atomic E-state index is 5.19. The summed E-state index contributed by atoms with van der Waals surface area (Å²) in [5.74, 6) is 1.97. The average Bonchev–Trinajstić information content (AvgIpc) is 2.74. The van der Waals surface area contributed by atoms with E-state index in [0.29, 0.717) is 10.8 Å². The molecule has 1 atom stereocenters. The second-order valence-corrected chi connectivity index (χ2v) is 3.45. The number of nitrogens with one attached hydrogen (secondary N) is 1. The van der Waals surface area contributed by atoms with Gasteiger partial charge in [-0.2, -0.15) is 0 Å². The maximum Gasteiger partial charge on any atom is 0.284 e. The molecular formula is C7H10N2OS. The fraction of sp³-hybridized carbons (Fsp3) is 0.714. The third kappa shape index (κ3) is 1.35. The highest BCUT2D eigenvalue weighted by molar-refractivity contribution is 7.71. The van der Waals surface area contributed by atoms with E-state index < -0.39 is 0 Å². The zero-order valence-corrected chi connectivity index (χ0v) is 7.15. The Morgan fingerprint density at radius 1 is 1.73 bits per heavy atom. The van der Waals surface area contributed by atoms with E-state index in [1.54, 1.807) is 0 Å². The van der Waals surface area contributed by atoms with Crippen LogP contribution in [-0.2, 0) is 0 Å². The van der Waals surface area contributed by atoms with E-state index in [9.17, 15) is 0 Å². The van der Waals surface area contributed by atoms with Gasteiger partial charge in [-0.3, -0.25) is 0 Å². The highest BCUT2D eigenvalue weighted by atomic mass is 32.1.